The molecule has 10 heteroatoms. The maximum atomic E-state index is 12.8. The van der Waals surface area contributed by atoms with Crippen LogP contribution in [0.15, 0.2) is 41.7 Å². The molecule has 0 unspecified atom stereocenters. The summed E-state index contributed by atoms with van der Waals surface area (Å²) in [6, 6.07) is 7.20. The van der Waals surface area contributed by atoms with Crippen LogP contribution in [-0.4, -0.2) is 42.6 Å². The number of nitrogens with one attached hydrogen (secondary N) is 1. The highest BCUT2D eigenvalue weighted by molar-refractivity contribution is 7.89. The molecule has 9 nitrogen and oxygen atoms in total. The van der Waals surface area contributed by atoms with E-state index in [1.807, 2.05) is 18.2 Å². The van der Waals surface area contributed by atoms with Crippen molar-refractivity contribution in [2.24, 2.45) is 5.41 Å². The van der Waals surface area contributed by atoms with Gasteiger partial charge in [-0.3, -0.25) is 0 Å². The molecular formula is C27H34N6O3S. The maximum Gasteiger partial charge on any atom is 0.244 e. The van der Waals surface area contributed by atoms with Crippen molar-refractivity contribution in [1.29, 1.82) is 0 Å². The molecule has 2 aromatic heterocycles. The van der Waals surface area contributed by atoms with Gasteiger partial charge in [0.05, 0.1) is 6.54 Å². The lowest BCUT2D eigenvalue weighted by Gasteiger charge is -2.33. The molecule has 0 saturated carbocycles. The molecule has 2 aliphatic rings. The summed E-state index contributed by atoms with van der Waals surface area (Å²) >= 11 is 0. The van der Waals surface area contributed by atoms with Crippen molar-refractivity contribution in [3.05, 3.63) is 53.6 Å². The lowest BCUT2D eigenvalue weighted by Crippen LogP contribution is -2.31. The minimum atomic E-state index is -3.79. The number of nitrogens with two attached hydrogens (primary N) is 1. The summed E-state index contributed by atoms with van der Waals surface area (Å²) in [6.07, 6.45) is 6.30. The van der Waals surface area contributed by atoms with E-state index in [1.54, 1.807) is 32.4 Å². The van der Waals surface area contributed by atoms with Gasteiger partial charge < -0.3 is 15.4 Å². The Kier molecular flexibility index (Phi) is 6.57. The Balaban J connectivity index is 1.49. The van der Waals surface area contributed by atoms with Crippen LogP contribution in [0.1, 0.15) is 50.9 Å². The minimum absolute atomic E-state index is 0.0262. The first kappa shape index (κ1) is 25.4. The lowest BCUT2D eigenvalue weighted by molar-refractivity contribution is 0.310. The molecule has 1 aliphatic carbocycles. The summed E-state index contributed by atoms with van der Waals surface area (Å²) in [7, 11) is -3.79. The number of aryl methyl sites for hydroxylation is 1. The Bertz CT molecular complexity index is 1440. The molecular weight excluding hydrogens is 488 g/mol. The number of benzene rings is 1. The molecule has 0 atom stereocenters. The van der Waals surface area contributed by atoms with Crippen LogP contribution in [0.2, 0.25) is 0 Å². The quantitative estimate of drug-likeness (QED) is 0.520. The number of hydrogen-bond acceptors (Lipinski definition) is 8. The Morgan fingerprint density at radius 3 is 2.73 bits per heavy atom. The van der Waals surface area contributed by atoms with Gasteiger partial charge in [-0.2, -0.15) is 0 Å². The number of hydrogen-bond donors (Lipinski definition) is 2. The third-order valence-corrected chi connectivity index (χ3v) is 8.63. The van der Waals surface area contributed by atoms with Gasteiger partial charge in [-0.05, 0) is 62.3 Å². The van der Waals surface area contributed by atoms with Crippen LogP contribution in [0, 0.1) is 5.41 Å². The van der Waals surface area contributed by atoms with E-state index in [0.717, 1.165) is 47.7 Å². The molecule has 3 heterocycles. The minimum Gasteiger partial charge on any atom is -0.491 e. The van der Waals surface area contributed by atoms with E-state index in [9.17, 15) is 8.42 Å². The van der Waals surface area contributed by atoms with Gasteiger partial charge >= 0.3 is 0 Å². The van der Waals surface area contributed by atoms with Gasteiger partial charge in [-0.1, -0.05) is 19.9 Å². The summed E-state index contributed by atoms with van der Waals surface area (Å²) in [5.74, 6) is 1.76. The van der Waals surface area contributed by atoms with Gasteiger partial charge in [0.2, 0.25) is 10.0 Å². The number of sulfonamides is 1. The molecule has 5 rings (SSSR count). The van der Waals surface area contributed by atoms with Gasteiger partial charge in [0.1, 0.15) is 35.2 Å². The number of fused-ring (bicyclic) bond motifs is 2. The molecule has 196 valence electrons. The Morgan fingerprint density at radius 1 is 1.14 bits per heavy atom. The second kappa shape index (κ2) is 9.57. The topological polar surface area (TPSA) is 123 Å². The van der Waals surface area contributed by atoms with Crippen molar-refractivity contribution in [1.82, 2.24) is 19.7 Å². The number of rotatable bonds is 5. The summed E-state index contributed by atoms with van der Waals surface area (Å²) in [4.78, 5) is 15.7. The molecule has 0 bridgehead atoms. The number of pyridine rings is 1. The number of nitrogens with zero attached hydrogens (tertiary/aromatic N) is 4. The van der Waals surface area contributed by atoms with E-state index < -0.39 is 10.0 Å². The SMILES string of the molecule is CC(C)NS(=O)(=O)c1cc(-c2ccc3c(c2)CN(c2ncnc4c2CC(C)(C)CC4)CCO3)cnc1N. The zero-order valence-corrected chi connectivity index (χ0v) is 22.6. The van der Waals surface area contributed by atoms with Crippen LogP contribution in [-0.2, 0) is 29.4 Å². The summed E-state index contributed by atoms with van der Waals surface area (Å²) in [6.45, 7) is 9.99. The van der Waals surface area contributed by atoms with Gasteiger partial charge in [0.25, 0.3) is 0 Å². The highest BCUT2D eigenvalue weighted by atomic mass is 32.2. The predicted octanol–water partition coefficient (Wildman–Crippen LogP) is 3.72. The second-order valence-corrected chi connectivity index (χ2v) is 12.6. The molecule has 3 N–H and O–H groups in total. The lowest BCUT2D eigenvalue weighted by atomic mass is 9.76. The first-order valence-corrected chi connectivity index (χ1v) is 14.1. The third-order valence-electron chi connectivity index (χ3n) is 6.94. The zero-order valence-electron chi connectivity index (χ0n) is 21.8. The van der Waals surface area contributed by atoms with Gasteiger partial charge in [-0.25, -0.2) is 28.1 Å². The molecule has 37 heavy (non-hydrogen) atoms. The largest absolute Gasteiger partial charge is 0.491 e. The fraction of sp³-hybridized carbons (Fsp3) is 0.444. The van der Waals surface area contributed by atoms with Gasteiger partial charge in [0, 0.05) is 41.2 Å². The Hall–Kier alpha value is -3.24. The van der Waals surface area contributed by atoms with Crippen molar-refractivity contribution < 1.29 is 13.2 Å². The fourth-order valence-electron chi connectivity index (χ4n) is 5.09. The number of ether oxygens (including phenoxy) is 1. The zero-order chi connectivity index (χ0) is 26.4. The van der Waals surface area contributed by atoms with E-state index >= 15 is 0 Å². The fourth-order valence-corrected chi connectivity index (χ4v) is 6.45. The van der Waals surface area contributed by atoms with Crippen molar-refractivity contribution in [3.63, 3.8) is 0 Å². The van der Waals surface area contributed by atoms with E-state index in [4.69, 9.17) is 15.5 Å². The molecule has 0 spiro atoms. The average molecular weight is 523 g/mol. The normalized spacial score (nSPS) is 17.1. The van der Waals surface area contributed by atoms with Gasteiger partial charge in [-0.15, -0.1) is 0 Å². The molecule has 0 radical (unpaired) electrons. The van der Waals surface area contributed by atoms with Crippen LogP contribution in [0.3, 0.4) is 0 Å². The standard InChI is InChI=1S/C27H34N6O3S/c1-17(2)32-37(34,35)24-12-19(14-29-25(24)28)18-5-6-23-20(11-18)15-33(9-10-36-23)26-21-13-27(3,4)8-7-22(21)30-16-31-26/h5-6,11-12,14,16-17,32H,7-10,13,15H2,1-4H3,(H2,28,29). The van der Waals surface area contributed by atoms with Crippen LogP contribution >= 0.6 is 0 Å². The summed E-state index contributed by atoms with van der Waals surface area (Å²) < 4.78 is 34.3. The van der Waals surface area contributed by atoms with E-state index in [-0.39, 0.29) is 22.2 Å². The highest BCUT2D eigenvalue weighted by Crippen LogP contribution is 2.39. The van der Waals surface area contributed by atoms with Gasteiger partial charge in [0.15, 0.2) is 0 Å². The molecule has 0 saturated heterocycles. The second-order valence-electron chi connectivity index (χ2n) is 10.9. The van der Waals surface area contributed by atoms with Crippen molar-refractivity contribution >= 4 is 21.7 Å². The Morgan fingerprint density at radius 2 is 1.95 bits per heavy atom. The van der Waals surface area contributed by atoms with Crippen molar-refractivity contribution in [2.45, 2.75) is 64.4 Å². The Labute approximate surface area is 218 Å². The highest BCUT2D eigenvalue weighted by Gasteiger charge is 2.31. The third kappa shape index (κ3) is 5.26. The van der Waals surface area contributed by atoms with E-state index in [0.29, 0.717) is 25.3 Å². The molecule has 0 amide bonds. The molecule has 1 aliphatic heterocycles. The number of anilines is 2. The molecule has 1 aromatic carbocycles. The van der Waals surface area contributed by atoms with E-state index in [2.05, 4.69) is 33.4 Å². The van der Waals surface area contributed by atoms with Crippen molar-refractivity contribution in [2.75, 3.05) is 23.8 Å². The molecule has 0 fully saturated rings. The average Bonchev–Trinajstić information content (AvgIpc) is 3.04. The number of nitrogen functional groups attached to an aromatic ring is 1. The summed E-state index contributed by atoms with van der Waals surface area (Å²) in [5, 5.41) is 0. The van der Waals surface area contributed by atoms with Crippen molar-refractivity contribution in [3.8, 4) is 16.9 Å². The number of aromatic nitrogens is 3. The monoisotopic (exact) mass is 522 g/mol. The van der Waals surface area contributed by atoms with Crippen LogP contribution < -0.4 is 20.1 Å². The van der Waals surface area contributed by atoms with Crippen LogP contribution in [0.5, 0.6) is 5.75 Å². The smallest absolute Gasteiger partial charge is 0.244 e. The van der Waals surface area contributed by atoms with Crippen LogP contribution in [0.4, 0.5) is 11.6 Å². The predicted molar refractivity (Wildman–Crippen MR) is 144 cm³/mol. The first-order valence-electron chi connectivity index (χ1n) is 12.6. The maximum absolute atomic E-state index is 12.8. The first-order chi connectivity index (χ1) is 17.5. The van der Waals surface area contributed by atoms with Crippen LogP contribution in [0.25, 0.3) is 11.1 Å². The van der Waals surface area contributed by atoms with E-state index in [1.165, 1.54) is 5.56 Å². The molecule has 3 aromatic rings. The summed E-state index contributed by atoms with van der Waals surface area (Å²) in [5.41, 5.74) is 11.0.